The lowest BCUT2D eigenvalue weighted by atomic mass is 9.35. The highest BCUT2D eigenvalue weighted by atomic mass is 16.3. The van der Waals surface area contributed by atoms with Gasteiger partial charge in [-0.15, -0.1) is 0 Å². The molecule has 0 fully saturated rings. The Balaban J connectivity index is 1.34. The van der Waals surface area contributed by atoms with Crippen molar-refractivity contribution in [3.63, 3.8) is 0 Å². The molecule has 0 radical (unpaired) electrons. The molecule has 2 aliphatic heterocycles. The zero-order valence-electron chi connectivity index (χ0n) is 43.2. The minimum absolute atomic E-state index is 0.0186. The van der Waals surface area contributed by atoms with Gasteiger partial charge in [-0.1, -0.05) is 141 Å². The van der Waals surface area contributed by atoms with Crippen LogP contribution in [0.5, 0.6) is 0 Å². The van der Waals surface area contributed by atoms with Gasteiger partial charge in [0.05, 0.1) is 11.3 Å². The summed E-state index contributed by atoms with van der Waals surface area (Å²) in [6.45, 7) is 40.9. The number of fused-ring (bicyclic) bond motifs is 8. The number of hydrogen-bond donors (Lipinski definition) is 0. The molecule has 5 aromatic rings. The molecule has 3 heterocycles. The lowest BCUT2D eigenvalue weighted by Gasteiger charge is -2.46. The molecule has 65 heavy (non-hydrogen) atoms. The molecule has 3 aliphatic carbocycles. The van der Waals surface area contributed by atoms with E-state index in [9.17, 15) is 0 Å². The maximum atomic E-state index is 7.63. The van der Waals surface area contributed by atoms with Crippen molar-refractivity contribution in [1.82, 2.24) is 0 Å². The van der Waals surface area contributed by atoms with Gasteiger partial charge in [-0.25, -0.2) is 0 Å². The number of allylic oxidation sites excluding steroid dienone is 3. The molecular weight excluding hydrogens is 787 g/mol. The molecule has 0 saturated carbocycles. The number of furan rings is 1. The third-order valence-corrected chi connectivity index (χ3v) is 17.6. The van der Waals surface area contributed by atoms with E-state index in [0.29, 0.717) is 11.8 Å². The van der Waals surface area contributed by atoms with E-state index in [1.807, 2.05) is 0 Å². The third kappa shape index (κ3) is 6.78. The van der Waals surface area contributed by atoms with Crippen LogP contribution >= 0.6 is 0 Å². The van der Waals surface area contributed by atoms with E-state index in [1.165, 1.54) is 115 Å². The number of nitrogens with zero attached hydrogens (tertiary/aromatic N) is 2. The zero-order valence-corrected chi connectivity index (χ0v) is 43.2. The van der Waals surface area contributed by atoms with Gasteiger partial charge in [0.2, 0.25) is 0 Å². The average Bonchev–Trinajstić information content (AvgIpc) is 3.60. The molecule has 0 amide bonds. The molecule has 0 spiro atoms. The molecule has 3 nitrogen and oxygen atoms in total. The van der Waals surface area contributed by atoms with Crippen LogP contribution in [0, 0.1) is 11.3 Å². The molecule has 4 heteroatoms. The van der Waals surface area contributed by atoms with E-state index in [-0.39, 0.29) is 39.2 Å². The fourth-order valence-electron chi connectivity index (χ4n) is 12.5. The fraction of sp³-hybridized carbons (Fsp3) is 0.508. The molecule has 5 aliphatic rings. The monoisotopic (exact) mass is 865 g/mol. The van der Waals surface area contributed by atoms with E-state index in [0.717, 1.165) is 24.1 Å². The van der Waals surface area contributed by atoms with Crippen molar-refractivity contribution in [3.05, 3.63) is 117 Å². The Bertz CT molecular complexity index is 2860. The number of rotatable bonds is 4. The van der Waals surface area contributed by atoms with Crippen LogP contribution in [-0.2, 0) is 27.1 Å². The number of anilines is 5. The second kappa shape index (κ2) is 14.3. The highest BCUT2D eigenvalue weighted by Gasteiger charge is 2.49. The van der Waals surface area contributed by atoms with Gasteiger partial charge in [-0.05, 0) is 182 Å². The van der Waals surface area contributed by atoms with Crippen molar-refractivity contribution in [2.75, 3.05) is 9.80 Å². The van der Waals surface area contributed by atoms with E-state index in [1.54, 1.807) is 0 Å². The second-order valence-corrected chi connectivity index (χ2v) is 26.0. The average molecular weight is 865 g/mol. The minimum Gasteiger partial charge on any atom is -0.468 e. The van der Waals surface area contributed by atoms with Crippen LogP contribution in [0.1, 0.15) is 196 Å². The zero-order chi connectivity index (χ0) is 46.7. The van der Waals surface area contributed by atoms with Crippen LogP contribution in [0.2, 0.25) is 0 Å². The van der Waals surface area contributed by atoms with Gasteiger partial charge in [0.15, 0.2) is 0 Å². The van der Waals surface area contributed by atoms with Crippen LogP contribution in [-0.4, -0.2) is 6.71 Å². The molecule has 2 atom stereocenters. The molecule has 0 bridgehead atoms. The highest BCUT2D eigenvalue weighted by Crippen LogP contribution is 2.54. The normalized spacial score (nSPS) is 21.7. The summed E-state index contributed by atoms with van der Waals surface area (Å²) in [5.74, 6) is 0.862. The maximum Gasteiger partial charge on any atom is 0.297 e. The summed E-state index contributed by atoms with van der Waals surface area (Å²) in [5.41, 5.74) is 22.9. The summed E-state index contributed by atoms with van der Waals surface area (Å²) in [6.07, 6.45) is 11.9. The van der Waals surface area contributed by atoms with Crippen LogP contribution in [0.3, 0.4) is 0 Å². The standard InChI is InChI=1S/C61H77BN2O/c1-18-36(2)38-30-50-53-51(31-38)64(48-24-20-39(29-37(48)3)56(4,5)6)49-32-40(57(7,8)9)19-23-47(49)62(53)55-54(42-34-45-46(35-52(42)65-55)61(16,17)28-27-60(45,14)15)63(50)41-21-22-43-44(33-41)59(12,13)26-25-58(43,10)11/h19,21-24,29-36,39H,18,20,25-28H2,1-17H3. The van der Waals surface area contributed by atoms with Gasteiger partial charge in [0, 0.05) is 33.8 Å². The Labute approximate surface area is 393 Å². The van der Waals surface area contributed by atoms with Gasteiger partial charge >= 0.3 is 0 Å². The van der Waals surface area contributed by atoms with Crippen molar-refractivity contribution in [2.45, 2.75) is 189 Å². The minimum atomic E-state index is -0.0771. The van der Waals surface area contributed by atoms with Crippen LogP contribution < -0.4 is 26.4 Å². The molecule has 1 aromatic heterocycles. The van der Waals surface area contributed by atoms with Gasteiger partial charge < -0.3 is 14.2 Å². The molecular formula is C61H77BN2O. The van der Waals surface area contributed by atoms with Gasteiger partial charge in [-0.2, -0.15) is 0 Å². The lowest BCUT2D eigenvalue weighted by Crippen LogP contribution is -2.61. The Hall–Kier alpha value is -4.44. The first-order chi connectivity index (χ1) is 30.2. The van der Waals surface area contributed by atoms with Crippen molar-refractivity contribution in [3.8, 4) is 0 Å². The Kier molecular flexibility index (Phi) is 9.76. The van der Waals surface area contributed by atoms with Crippen molar-refractivity contribution in [1.29, 1.82) is 0 Å². The maximum absolute atomic E-state index is 7.63. The van der Waals surface area contributed by atoms with Crippen molar-refractivity contribution >= 4 is 62.7 Å². The second-order valence-electron chi connectivity index (χ2n) is 26.0. The van der Waals surface area contributed by atoms with Crippen molar-refractivity contribution in [2.24, 2.45) is 11.3 Å². The molecule has 0 saturated heterocycles. The van der Waals surface area contributed by atoms with Crippen molar-refractivity contribution < 1.29 is 4.42 Å². The quantitative estimate of drug-likeness (QED) is 0.165. The predicted molar refractivity (Wildman–Crippen MR) is 282 cm³/mol. The van der Waals surface area contributed by atoms with Crippen LogP contribution in [0.4, 0.5) is 28.4 Å². The summed E-state index contributed by atoms with van der Waals surface area (Å²) in [5, 5.41) is 1.24. The molecule has 10 rings (SSSR count). The van der Waals surface area contributed by atoms with E-state index in [2.05, 4.69) is 200 Å². The number of hydrogen-bond acceptors (Lipinski definition) is 3. The van der Waals surface area contributed by atoms with Crippen LogP contribution in [0.15, 0.2) is 88.5 Å². The van der Waals surface area contributed by atoms with E-state index >= 15 is 0 Å². The van der Waals surface area contributed by atoms with Gasteiger partial charge in [-0.3, -0.25) is 0 Å². The van der Waals surface area contributed by atoms with Gasteiger partial charge in [0.1, 0.15) is 5.58 Å². The topological polar surface area (TPSA) is 19.6 Å². The summed E-state index contributed by atoms with van der Waals surface area (Å²) >= 11 is 0. The summed E-state index contributed by atoms with van der Waals surface area (Å²) < 4.78 is 7.63. The fourth-order valence-corrected chi connectivity index (χ4v) is 12.5. The highest BCUT2D eigenvalue weighted by molar-refractivity contribution is 6.99. The van der Waals surface area contributed by atoms with Gasteiger partial charge in [0.25, 0.3) is 6.71 Å². The Morgan fingerprint density at radius 3 is 1.86 bits per heavy atom. The predicted octanol–water partition coefficient (Wildman–Crippen LogP) is 15.6. The Morgan fingerprint density at radius 1 is 0.692 bits per heavy atom. The lowest BCUT2D eigenvalue weighted by molar-refractivity contribution is 0.291. The third-order valence-electron chi connectivity index (χ3n) is 17.6. The molecule has 340 valence electrons. The smallest absolute Gasteiger partial charge is 0.297 e. The first kappa shape index (κ1) is 44.4. The SMILES string of the molecule is CCC(C)c1cc2c3c(c1)N(c1ccc4c(c1)C(C)(C)CCC4(C)C)c1c(oc4cc5c(cc14)C(C)(C)CCC5(C)C)B3c1ccc(C(C)(C)C)cc1N2C1=CCC(C(C)(C)C)C=C1C. The first-order valence-corrected chi connectivity index (χ1v) is 25.3. The first-order valence-electron chi connectivity index (χ1n) is 25.3. The largest absolute Gasteiger partial charge is 0.468 e. The Morgan fingerprint density at radius 2 is 1.28 bits per heavy atom. The summed E-state index contributed by atoms with van der Waals surface area (Å²) in [4.78, 5) is 5.36. The van der Waals surface area contributed by atoms with E-state index < -0.39 is 0 Å². The molecule has 4 aromatic carbocycles. The van der Waals surface area contributed by atoms with Crippen LogP contribution in [0.25, 0.3) is 11.0 Å². The molecule has 0 N–H and O–H groups in total. The summed E-state index contributed by atoms with van der Waals surface area (Å²) in [7, 11) is 0. The van der Waals surface area contributed by atoms with E-state index in [4.69, 9.17) is 4.42 Å². The summed E-state index contributed by atoms with van der Waals surface area (Å²) in [6, 6.07) is 25.1. The molecule has 2 unspecified atom stereocenters. The number of benzene rings is 4.